The second-order valence-corrected chi connectivity index (χ2v) is 6.57. The molecule has 6 heteroatoms. The van der Waals surface area contributed by atoms with Gasteiger partial charge in [-0.1, -0.05) is 13.8 Å². The highest BCUT2D eigenvalue weighted by atomic mass is 16.5. The van der Waals surface area contributed by atoms with Crippen LogP contribution in [0.25, 0.3) is 0 Å². The zero-order valence-corrected chi connectivity index (χ0v) is 13.6. The lowest BCUT2D eigenvalue weighted by Crippen LogP contribution is -2.53. The molecule has 0 aromatic heterocycles. The average molecular weight is 304 g/mol. The molecule has 0 aliphatic heterocycles. The summed E-state index contributed by atoms with van der Waals surface area (Å²) in [5.74, 6) is -0.515. The van der Waals surface area contributed by atoms with Gasteiger partial charge in [0.1, 0.15) is 12.9 Å². The lowest BCUT2D eigenvalue weighted by atomic mass is 9.68. The molecule has 0 radical (unpaired) electrons. The van der Waals surface area contributed by atoms with E-state index in [9.17, 15) is 9.59 Å². The molecule has 0 aromatic carbocycles. The summed E-state index contributed by atoms with van der Waals surface area (Å²) in [6.45, 7) is 8.13. The van der Waals surface area contributed by atoms with E-state index in [-0.39, 0.29) is 26.4 Å². The van der Waals surface area contributed by atoms with Crippen LogP contribution in [0.15, 0.2) is 0 Å². The number of aldehydes is 1. The van der Waals surface area contributed by atoms with Crippen LogP contribution in [0, 0.1) is 10.8 Å². The Balaban J connectivity index is 5.35. The molecule has 0 aliphatic carbocycles. The van der Waals surface area contributed by atoms with Crippen LogP contribution in [0.2, 0.25) is 0 Å². The summed E-state index contributed by atoms with van der Waals surface area (Å²) in [5.41, 5.74) is -2.72. The van der Waals surface area contributed by atoms with Gasteiger partial charge in [0, 0.05) is 5.41 Å². The Hall–Kier alpha value is -0.980. The quantitative estimate of drug-likeness (QED) is 0.461. The van der Waals surface area contributed by atoms with Crippen LogP contribution in [0.3, 0.4) is 0 Å². The summed E-state index contributed by atoms with van der Waals surface area (Å²) in [6.07, 6.45) is 1.12. The van der Waals surface area contributed by atoms with Gasteiger partial charge in [-0.3, -0.25) is 4.79 Å². The Morgan fingerprint density at radius 2 is 1.57 bits per heavy atom. The molecule has 2 N–H and O–H groups in total. The number of hydrogen-bond donors (Lipinski definition) is 2. The smallest absolute Gasteiger partial charge is 0.314 e. The van der Waals surface area contributed by atoms with Crippen molar-refractivity contribution in [2.45, 2.75) is 46.6 Å². The highest BCUT2D eigenvalue weighted by Gasteiger charge is 2.51. The number of carbonyl (C=O) groups is 2. The summed E-state index contributed by atoms with van der Waals surface area (Å²) in [7, 11) is 0. The van der Waals surface area contributed by atoms with E-state index < -0.39 is 22.4 Å². The summed E-state index contributed by atoms with van der Waals surface area (Å²) in [6, 6.07) is 0. The molecule has 1 unspecified atom stereocenters. The van der Waals surface area contributed by atoms with Crippen molar-refractivity contribution in [2.75, 3.05) is 26.4 Å². The molecule has 0 rings (SSSR count). The number of esters is 1. The fraction of sp³-hybridized carbons (Fsp3) is 0.867. The van der Waals surface area contributed by atoms with E-state index in [1.807, 2.05) is 0 Å². The molecule has 0 aliphatic rings. The zero-order chi connectivity index (χ0) is 16.7. The second-order valence-electron chi connectivity index (χ2n) is 6.57. The standard InChI is InChI=1S/C15H28O6/c1-13(2,11-18)10-15(5,21-9-7-17)14(3,4)12(19)20-8-6-16/h11,16-17H,6-10H2,1-5H3. The van der Waals surface area contributed by atoms with Gasteiger partial charge in [-0.25, -0.2) is 0 Å². The lowest BCUT2D eigenvalue weighted by molar-refractivity contribution is -0.185. The van der Waals surface area contributed by atoms with Gasteiger partial charge in [0.05, 0.1) is 30.8 Å². The predicted octanol–water partition coefficient (Wildman–Crippen LogP) is 0.931. The van der Waals surface area contributed by atoms with Crippen molar-refractivity contribution < 1.29 is 29.3 Å². The maximum atomic E-state index is 12.2. The van der Waals surface area contributed by atoms with Crippen molar-refractivity contribution in [1.82, 2.24) is 0 Å². The van der Waals surface area contributed by atoms with E-state index in [0.717, 1.165) is 6.29 Å². The van der Waals surface area contributed by atoms with Crippen LogP contribution in [0.1, 0.15) is 41.0 Å². The first kappa shape index (κ1) is 20.0. The molecule has 0 bridgehead atoms. The highest BCUT2D eigenvalue weighted by molar-refractivity contribution is 5.77. The maximum absolute atomic E-state index is 12.2. The highest BCUT2D eigenvalue weighted by Crippen LogP contribution is 2.42. The lowest BCUT2D eigenvalue weighted by Gasteiger charge is -2.44. The van der Waals surface area contributed by atoms with E-state index >= 15 is 0 Å². The maximum Gasteiger partial charge on any atom is 0.314 e. The molecular formula is C15H28O6. The Morgan fingerprint density at radius 3 is 2.00 bits per heavy atom. The molecule has 21 heavy (non-hydrogen) atoms. The van der Waals surface area contributed by atoms with Gasteiger partial charge in [0.15, 0.2) is 0 Å². The van der Waals surface area contributed by atoms with Crippen LogP contribution in [0.5, 0.6) is 0 Å². The van der Waals surface area contributed by atoms with Crippen molar-refractivity contribution in [2.24, 2.45) is 10.8 Å². The third kappa shape index (κ3) is 5.37. The zero-order valence-electron chi connectivity index (χ0n) is 13.6. The number of ether oxygens (including phenoxy) is 2. The normalized spacial score (nSPS) is 15.4. The predicted molar refractivity (Wildman–Crippen MR) is 77.7 cm³/mol. The molecule has 0 amide bonds. The van der Waals surface area contributed by atoms with Crippen LogP contribution in [-0.4, -0.2) is 54.5 Å². The molecule has 1 atom stereocenters. The van der Waals surface area contributed by atoms with Gasteiger partial charge in [-0.2, -0.15) is 0 Å². The average Bonchev–Trinajstić information content (AvgIpc) is 2.41. The van der Waals surface area contributed by atoms with E-state index in [4.69, 9.17) is 19.7 Å². The molecule has 6 nitrogen and oxygen atoms in total. The fourth-order valence-electron chi connectivity index (χ4n) is 2.17. The Bertz CT molecular complexity index is 350. The van der Waals surface area contributed by atoms with Gasteiger partial charge in [0.2, 0.25) is 0 Å². The third-order valence-electron chi connectivity index (χ3n) is 3.78. The SMILES string of the molecule is CC(C)(C=O)CC(C)(OCCO)C(C)(C)C(=O)OCCO. The Kier molecular flexibility index (Phi) is 7.50. The summed E-state index contributed by atoms with van der Waals surface area (Å²) < 4.78 is 10.7. The Labute approximate surface area is 126 Å². The van der Waals surface area contributed by atoms with E-state index in [1.165, 1.54) is 0 Å². The molecule has 0 aromatic rings. The summed E-state index contributed by atoms with van der Waals surface area (Å²) in [4.78, 5) is 23.4. The van der Waals surface area contributed by atoms with Gasteiger partial charge in [-0.15, -0.1) is 0 Å². The van der Waals surface area contributed by atoms with Crippen LogP contribution in [0.4, 0.5) is 0 Å². The monoisotopic (exact) mass is 304 g/mol. The van der Waals surface area contributed by atoms with Crippen LogP contribution < -0.4 is 0 Å². The van der Waals surface area contributed by atoms with Gasteiger partial charge in [-0.05, 0) is 27.2 Å². The van der Waals surface area contributed by atoms with Gasteiger partial charge in [0.25, 0.3) is 0 Å². The van der Waals surface area contributed by atoms with E-state index in [1.54, 1.807) is 34.6 Å². The largest absolute Gasteiger partial charge is 0.463 e. The van der Waals surface area contributed by atoms with Gasteiger partial charge >= 0.3 is 5.97 Å². The summed E-state index contributed by atoms with van der Waals surface area (Å²) >= 11 is 0. The first-order valence-electron chi connectivity index (χ1n) is 7.05. The molecule has 0 saturated carbocycles. The molecule has 0 fully saturated rings. The Morgan fingerprint density at radius 1 is 1.05 bits per heavy atom. The molecule has 0 heterocycles. The minimum Gasteiger partial charge on any atom is -0.463 e. The van der Waals surface area contributed by atoms with Crippen LogP contribution >= 0.6 is 0 Å². The molecule has 0 spiro atoms. The topological polar surface area (TPSA) is 93.1 Å². The number of hydrogen-bond acceptors (Lipinski definition) is 6. The number of rotatable bonds is 10. The van der Waals surface area contributed by atoms with Gasteiger partial charge < -0.3 is 24.5 Å². The first-order valence-corrected chi connectivity index (χ1v) is 7.05. The fourth-order valence-corrected chi connectivity index (χ4v) is 2.17. The number of carbonyl (C=O) groups excluding carboxylic acids is 2. The summed E-state index contributed by atoms with van der Waals surface area (Å²) in [5, 5.41) is 17.7. The third-order valence-corrected chi connectivity index (χ3v) is 3.78. The molecular weight excluding hydrogens is 276 g/mol. The van der Waals surface area contributed by atoms with Crippen molar-refractivity contribution in [3.05, 3.63) is 0 Å². The van der Waals surface area contributed by atoms with Crippen molar-refractivity contribution in [3.8, 4) is 0 Å². The van der Waals surface area contributed by atoms with E-state index in [0.29, 0.717) is 6.42 Å². The molecule has 0 saturated heterocycles. The minimum absolute atomic E-state index is 0.0577. The number of aliphatic hydroxyl groups excluding tert-OH is 2. The van der Waals surface area contributed by atoms with Crippen molar-refractivity contribution in [3.63, 3.8) is 0 Å². The van der Waals surface area contributed by atoms with Crippen molar-refractivity contribution in [1.29, 1.82) is 0 Å². The second kappa shape index (κ2) is 7.87. The minimum atomic E-state index is -1.04. The van der Waals surface area contributed by atoms with E-state index in [2.05, 4.69) is 0 Å². The number of aliphatic hydroxyl groups is 2. The van der Waals surface area contributed by atoms with Crippen LogP contribution in [-0.2, 0) is 19.1 Å². The first-order chi connectivity index (χ1) is 9.56. The molecule has 124 valence electrons. The van der Waals surface area contributed by atoms with Crippen molar-refractivity contribution >= 4 is 12.3 Å².